The van der Waals surface area contributed by atoms with Crippen LogP contribution in [0.2, 0.25) is 0 Å². The molecule has 0 aliphatic heterocycles. The van der Waals surface area contributed by atoms with E-state index < -0.39 is 10.0 Å². The summed E-state index contributed by atoms with van der Waals surface area (Å²) in [5, 5.41) is 9.07. The lowest BCUT2D eigenvalue weighted by Gasteiger charge is -2.28. The second kappa shape index (κ2) is 6.67. The Bertz CT molecular complexity index is 539. The number of sulfonamides is 1. The molecule has 0 amide bonds. The first-order valence-electron chi connectivity index (χ1n) is 6.50. The predicted molar refractivity (Wildman–Crippen MR) is 79.9 cm³/mol. The zero-order valence-electron chi connectivity index (χ0n) is 12.5. The Labute approximate surface area is 121 Å². The molecule has 0 atom stereocenters. The maximum absolute atomic E-state index is 12.2. The van der Waals surface area contributed by atoms with Crippen molar-refractivity contribution in [2.75, 3.05) is 27.2 Å². The van der Waals surface area contributed by atoms with E-state index in [4.69, 9.17) is 5.11 Å². The topological polar surface area (TPSA) is 69.6 Å². The zero-order chi connectivity index (χ0) is 15.4. The molecule has 1 aromatic carbocycles. The maximum Gasteiger partial charge on any atom is 0.240 e. The van der Waals surface area contributed by atoms with Gasteiger partial charge >= 0.3 is 0 Å². The number of nitrogens with one attached hydrogen (secondary N) is 1. The fourth-order valence-electron chi connectivity index (χ4n) is 2.10. The summed E-state index contributed by atoms with van der Waals surface area (Å²) in [5.41, 5.74) is 0.422. The van der Waals surface area contributed by atoms with E-state index in [0.717, 1.165) is 6.54 Å². The first-order valence-corrected chi connectivity index (χ1v) is 7.99. The van der Waals surface area contributed by atoms with Gasteiger partial charge in [-0.25, -0.2) is 13.1 Å². The predicted octanol–water partition coefficient (Wildman–Crippen LogP) is 1.04. The number of aliphatic hydroxyl groups excluding tert-OH is 1. The highest BCUT2D eigenvalue weighted by atomic mass is 32.2. The minimum atomic E-state index is -3.54. The van der Waals surface area contributed by atoms with Crippen molar-refractivity contribution in [1.82, 2.24) is 9.62 Å². The van der Waals surface area contributed by atoms with E-state index in [0.29, 0.717) is 12.1 Å². The molecule has 0 aliphatic rings. The van der Waals surface area contributed by atoms with E-state index in [1.54, 1.807) is 12.1 Å². The van der Waals surface area contributed by atoms with Gasteiger partial charge in [0, 0.05) is 13.1 Å². The lowest BCUT2D eigenvalue weighted by Crippen LogP contribution is -2.39. The quantitative estimate of drug-likeness (QED) is 0.789. The SMILES string of the molecule is CN(C)CC(C)(C)CNS(=O)(=O)c1cccc(CO)c1. The molecule has 0 fully saturated rings. The summed E-state index contributed by atoms with van der Waals surface area (Å²) in [7, 11) is 0.377. The molecular formula is C14H24N2O3S. The fourth-order valence-corrected chi connectivity index (χ4v) is 3.41. The molecule has 0 aromatic heterocycles. The number of rotatable bonds is 7. The van der Waals surface area contributed by atoms with Crippen LogP contribution in [0.25, 0.3) is 0 Å². The van der Waals surface area contributed by atoms with Crippen LogP contribution in [0, 0.1) is 5.41 Å². The fraction of sp³-hybridized carbons (Fsp3) is 0.571. The molecule has 0 saturated carbocycles. The summed E-state index contributed by atoms with van der Waals surface area (Å²) in [6, 6.07) is 6.34. The van der Waals surface area contributed by atoms with E-state index >= 15 is 0 Å². The van der Waals surface area contributed by atoms with Crippen LogP contribution in [-0.2, 0) is 16.6 Å². The molecule has 6 heteroatoms. The number of hydrogen-bond acceptors (Lipinski definition) is 4. The van der Waals surface area contributed by atoms with Crippen LogP contribution < -0.4 is 4.72 Å². The third-order valence-corrected chi connectivity index (χ3v) is 4.28. The van der Waals surface area contributed by atoms with E-state index in [-0.39, 0.29) is 16.9 Å². The Morgan fingerprint density at radius 1 is 1.30 bits per heavy atom. The average Bonchev–Trinajstić information content (AvgIpc) is 2.35. The average molecular weight is 300 g/mol. The van der Waals surface area contributed by atoms with Gasteiger partial charge in [-0.2, -0.15) is 0 Å². The normalized spacial score (nSPS) is 12.9. The number of hydrogen-bond donors (Lipinski definition) is 2. The zero-order valence-corrected chi connectivity index (χ0v) is 13.4. The third kappa shape index (κ3) is 5.20. The van der Waals surface area contributed by atoms with Gasteiger partial charge in [0.1, 0.15) is 0 Å². The molecule has 0 unspecified atom stereocenters. The second-order valence-corrected chi connectivity index (χ2v) is 7.80. The summed E-state index contributed by atoms with van der Waals surface area (Å²) in [5.74, 6) is 0. The van der Waals surface area contributed by atoms with Crippen molar-refractivity contribution < 1.29 is 13.5 Å². The van der Waals surface area contributed by atoms with Crippen molar-refractivity contribution in [3.63, 3.8) is 0 Å². The Morgan fingerprint density at radius 2 is 1.95 bits per heavy atom. The molecule has 114 valence electrons. The molecule has 2 N–H and O–H groups in total. The smallest absolute Gasteiger partial charge is 0.240 e. The van der Waals surface area contributed by atoms with Crippen LogP contribution >= 0.6 is 0 Å². The van der Waals surface area contributed by atoms with Crippen LogP contribution in [0.1, 0.15) is 19.4 Å². The minimum Gasteiger partial charge on any atom is -0.392 e. The molecule has 0 heterocycles. The van der Waals surface area contributed by atoms with Gasteiger partial charge in [-0.3, -0.25) is 0 Å². The van der Waals surface area contributed by atoms with Gasteiger partial charge in [-0.15, -0.1) is 0 Å². The molecule has 0 aliphatic carbocycles. The molecule has 0 spiro atoms. The Balaban J connectivity index is 2.80. The number of nitrogens with zero attached hydrogens (tertiary/aromatic N) is 1. The molecular weight excluding hydrogens is 276 g/mol. The highest BCUT2D eigenvalue weighted by molar-refractivity contribution is 7.89. The van der Waals surface area contributed by atoms with E-state index in [1.165, 1.54) is 12.1 Å². The first-order chi connectivity index (χ1) is 9.16. The highest BCUT2D eigenvalue weighted by Crippen LogP contribution is 2.17. The van der Waals surface area contributed by atoms with Gasteiger partial charge in [-0.1, -0.05) is 26.0 Å². The van der Waals surface area contributed by atoms with Crippen molar-refractivity contribution in [2.24, 2.45) is 5.41 Å². The molecule has 0 radical (unpaired) electrons. The molecule has 1 aromatic rings. The summed E-state index contributed by atoms with van der Waals surface area (Å²) in [6.07, 6.45) is 0. The third-order valence-electron chi connectivity index (χ3n) is 2.88. The summed E-state index contributed by atoms with van der Waals surface area (Å²) in [6.45, 7) is 5.00. The number of aliphatic hydroxyl groups is 1. The van der Waals surface area contributed by atoms with Crippen molar-refractivity contribution in [3.05, 3.63) is 29.8 Å². The maximum atomic E-state index is 12.2. The van der Waals surface area contributed by atoms with E-state index in [9.17, 15) is 8.42 Å². The van der Waals surface area contributed by atoms with Crippen LogP contribution in [0.5, 0.6) is 0 Å². The molecule has 1 rings (SSSR count). The Kier molecular flexibility index (Phi) is 5.70. The van der Waals surface area contributed by atoms with Crippen molar-refractivity contribution in [2.45, 2.75) is 25.3 Å². The number of benzene rings is 1. The van der Waals surface area contributed by atoms with Crippen LogP contribution in [0.3, 0.4) is 0 Å². The summed E-state index contributed by atoms with van der Waals surface area (Å²) in [4.78, 5) is 2.21. The van der Waals surface area contributed by atoms with E-state index in [1.807, 2.05) is 32.8 Å². The summed E-state index contributed by atoms with van der Waals surface area (Å²) < 4.78 is 27.1. The molecule has 0 bridgehead atoms. The summed E-state index contributed by atoms with van der Waals surface area (Å²) >= 11 is 0. The molecule has 5 nitrogen and oxygen atoms in total. The molecule has 20 heavy (non-hydrogen) atoms. The lowest BCUT2D eigenvalue weighted by molar-refractivity contribution is 0.242. The van der Waals surface area contributed by atoms with Gasteiger partial charge in [0.25, 0.3) is 0 Å². The second-order valence-electron chi connectivity index (χ2n) is 6.03. The first kappa shape index (κ1) is 17.1. The molecule has 0 saturated heterocycles. The standard InChI is InChI=1S/C14H24N2O3S/c1-14(2,11-16(3)4)10-15-20(18,19)13-7-5-6-12(8-13)9-17/h5-8,15,17H,9-11H2,1-4H3. The monoisotopic (exact) mass is 300 g/mol. The van der Waals surface area contributed by atoms with Gasteiger partial charge in [0.05, 0.1) is 11.5 Å². The Morgan fingerprint density at radius 3 is 2.50 bits per heavy atom. The van der Waals surface area contributed by atoms with Gasteiger partial charge in [0.2, 0.25) is 10.0 Å². The van der Waals surface area contributed by atoms with Crippen LogP contribution in [-0.4, -0.2) is 45.6 Å². The lowest BCUT2D eigenvalue weighted by atomic mass is 9.93. The van der Waals surface area contributed by atoms with Gasteiger partial charge < -0.3 is 10.0 Å². The minimum absolute atomic E-state index is 0.162. The van der Waals surface area contributed by atoms with Crippen molar-refractivity contribution in [1.29, 1.82) is 0 Å². The Hall–Kier alpha value is -0.950. The highest BCUT2D eigenvalue weighted by Gasteiger charge is 2.23. The largest absolute Gasteiger partial charge is 0.392 e. The van der Waals surface area contributed by atoms with Gasteiger partial charge in [0.15, 0.2) is 0 Å². The van der Waals surface area contributed by atoms with Gasteiger partial charge in [-0.05, 0) is 37.2 Å². The van der Waals surface area contributed by atoms with Crippen molar-refractivity contribution >= 4 is 10.0 Å². The van der Waals surface area contributed by atoms with Crippen LogP contribution in [0.15, 0.2) is 29.2 Å². The van der Waals surface area contributed by atoms with Crippen molar-refractivity contribution in [3.8, 4) is 0 Å². The van der Waals surface area contributed by atoms with E-state index in [2.05, 4.69) is 4.72 Å². The van der Waals surface area contributed by atoms with Crippen LogP contribution in [0.4, 0.5) is 0 Å².